The molecule has 0 radical (unpaired) electrons. The number of fused-ring (bicyclic) bond motifs is 1. The molecule has 1 aromatic heterocycles. The minimum Gasteiger partial charge on any atom is -0.444 e. The first-order chi connectivity index (χ1) is 25.7. The molecule has 4 aliphatic rings. The number of hydrogen-bond acceptors (Lipinski definition) is 8. The Hall–Kier alpha value is -3.76. The maximum Gasteiger partial charge on any atom is 0.407 e. The van der Waals surface area contributed by atoms with Gasteiger partial charge in [-0.1, -0.05) is 32.1 Å². The molecule has 3 atom stereocenters. The van der Waals surface area contributed by atoms with Gasteiger partial charge in [-0.15, -0.1) is 0 Å². The number of halogens is 1. The number of nitrogens with one attached hydrogen (secondary N) is 4. The average molecular weight is 775 g/mol. The Balaban J connectivity index is 1.12. The molecular formula is C38H55FN6O8S. The van der Waals surface area contributed by atoms with Crippen LogP contribution in [-0.2, 0) is 29.3 Å². The van der Waals surface area contributed by atoms with Crippen molar-refractivity contribution in [3.8, 4) is 0 Å². The maximum atomic E-state index is 14.3. The number of nitrogens with zero attached hydrogens (tertiary/aromatic N) is 2. The van der Waals surface area contributed by atoms with Crippen molar-refractivity contribution in [2.24, 2.45) is 23.7 Å². The third-order valence-electron chi connectivity index (χ3n) is 11.5. The molecule has 3 heterocycles. The predicted molar refractivity (Wildman–Crippen MR) is 200 cm³/mol. The molecule has 2 aromatic rings. The number of likely N-dealkylation sites (tertiary alicyclic amines) is 1. The molecule has 6 rings (SSSR count). The molecule has 4 amide bonds. The summed E-state index contributed by atoms with van der Waals surface area (Å²) in [5.41, 5.74) is 0.446. The fraction of sp³-hybridized carbons (Fsp3) is 0.684. The number of aromatic nitrogens is 1. The van der Waals surface area contributed by atoms with Gasteiger partial charge in [-0.3, -0.25) is 14.4 Å². The number of amides is 4. The monoisotopic (exact) mass is 774 g/mol. The molecule has 14 nitrogen and oxygen atoms in total. The van der Waals surface area contributed by atoms with E-state index in [9.17, 15) is 32.0 Å². The molecule has 1 aromatic carbocycles. The van der Waals surface area contributed by atoms with E-state index in [2.05, 4.69) is 20.3 Å². The summed E-state index contributed by atoms with van der Waals surface area (Å²) >= 11 is 0. The zero-order chi connectivity index (χ0) is 38.6. The predicted octanol–water partition coefficient (Wildman–Crippen LogP) is 4.88. The number of rotatable bonds is 10. The fourth-order valence-electron chi connectivity index (χ4n) is 8.77. The first kappa shape index (κ1) is 39.9. The van der Waals surface area contributed by atoms with Gasteiger partial charge >= 0.3 is 16.3 Å². The highest BCUT2D eigenvalue weighted by atomic mass is 32.2. The largest absolute Gasteiger partial charge is 0.444 e. The lowest BCUT2D eigenvalue weighted by Crippen LogP contribution is -2.50. The van der Waals surface area contributed by atoms with Crippen molar-refractivity contribution in [3.05, 3.63) is 30.0 Å². The van der Waals surface area contributed by atoms with Crippen LogP contribution < -0.4 is 15.4 Å². The number of carbonyl (C=O) groups excluding carboxylic acids is 4. The molecular weight excluding hydrogens is 720 g/mol. The molecule has 298 valence electrons. The Labute approximate surface area is 316 Å². The zero-order valence-electron chi connectivity index (χ0n) is 31.5. The van der Waals surface area contributed by atoms with Crippen LogP contribution >= 0.6 is 0 Å². The smallest absolute Gasteiger partial charge is 0.407 e. The number of benzene rings is 1. The van der Waals surface area contributed by atoms with E-state index >= 15 is 0 Å². The van der Waals surface area contributed by atoms with E-state index in [0.717, 1.165) is 32.1 Å². The van der Waals surface area contributed by atoms with E-state index in [-0.39, 0.29) is 61.6 Å². The lowest BCUT2D eigenvalue weighted by atomic mass is 9.76. The van der Waals surface area contributed by atoms with Crippen molar-refractivity contribution >= 4 is 50.6 Å². The Kier molecular flexibility index (Phi) is 12.5. The summed E-state index contributed by atoms with van der Waals surface area (Å²) in [6, 6.07) is 5.37. The van der Waals surface area contributed by atoms with E-state index in [4.69, 9.17) is 9.47 Å². The van der Waals surface area contributed by atoms with Gasteiger partial charge in [0.15, 0.2) is 0 Å². The molecule has 16 heteroatoms. The second kappa shape index (κ2) is 16.9. The molecule has 4 fully saturated rings. The highest BCUT2D eigenvalue weighted by molar-refractivity contribution is 7.87. The van der Waals surface area contributed by atoms with Crippen LogP contribution in [0.4, 0.5) is 14.9 Å². The van der Waals surface area contributed by atoms with Gasteiger partial charge in [-0.2, -0.15) is 12.7 Å². The van der Waals surface area contributed by atoms with E-state index in [1.165, 1.54) is 16.8 Å². The molecule has 2 aliphatic heterocycles. The topological polar surface area (TPSA) is 179 Å². The number of H-pyrrole nitrogens is 1. The first-order valence-electron chi connectivity index (χ1n) is 19.4. The Bertz CT molecular complexity index is 1780. The van der Waals surface area contributed by atoms with Gasteiger partial charge in [0, 0.05) is 42.1 Å². The summed E-state index contributed by atoms with van der Waals surface area (Å²) in [6.45, 7) is 5.85. The number of aromatic amines is 1. The van der Waals surface area contributed by atoms with E-state index in [0.29, 0.717) is 54.7 Å². The highest BCUT2D eigenvalue weighted by Crippen LogP contribution is 2.41. The van der Waals surface area contributed by atoms with Crippen molar-refractivity contribution in [1.29, 1.82) is 0 Å². The van der Waals surface area contributed by atoms with Crippen LogP contribution in [0.5, 0.6) is 0 Å². The van der Waals surface area contributed by atoms with Gasteiger partial charge in [-0.05, 0) is 94.9 Å². The van der Waals surface area contributed by atoms with E-state index < -0.39 is 46.6 Å². The second-order valence-corrected chi connectivity index (χ2v) is 17.9. The number of alkyl halides is 1. The molecule has 0 spiro atoms. The number of morpholine rings is 1. The molecule has 0 bridgehead atoms. The fourth-order valence-corrected chi connectivity index (χ4v) is 9.88. The van der Waals surface area contributed by atoms with Crippen LogP contribution in [0.2, 0.25) is 0 Å². The molecule has 0 unspecified atom stereocenters. The van der Waals surface area contributed by atoms with Crippen molar-refractivity contribution in [1.82, 2.24) is 24.2 Å². The Morgan fingerprint density at radius 3 is 2.33 bits per heavy atom. The van der Waals surface area contributed by atoms with Crippen LogP contribution in [0.3, 0.4) is 0 Å². The minimum atomic E-state index is -4.05. The normalized spacial score (nSPS) is 25.2. The van der Waals surface area contributed by atoms with Crippen molar-refractivity contribution in [2.75, 3.05) is 44.8 Å². The van der Waals surface area contributed by atoms with Gasteiger partial charge in [0.1, 0.15) is 24.0 Å². The SMILES string of the molecule is CC(C)(C)OC(=O)N[C@H](CF)C1CCC(C(=O)N2CC[C@@H](C3CCCCC3)[C@H]2C(=O)Nc2ccc3[nH]c(C(=O)NS(=O)(=O)N4CCOCC4)cc3c2)CC1. The molecule has 2 aliphatic carbocycles. The zero-order valence-corrected chi connectivity index (χ0v) is 32.4. The molecule has 2 saturated heterocycles. The first-order valence-corrected chi connectivity index (χ1v) is 20.9. The standard InChI is InChI=1S/C38H55FN6O8S/c1-38(2,3)53-37(49)42-32(23-39)25-9-11-26(12-10-25)36(48)45-16-15-29(24-7-5-4-6-8-24)33(45)35(47)40-28-13-14-30-27(21-28)22-31(41-30)34(46)43-54(50,51)44-17-19-52-20-18-44/h13-14,21-22,24-26,29,32-33,41H,4-12,15-20,23H2,1-3H3,(H,40,47)(H,42,49)(H,43,46)/t25?,26?,29-,32+,33-/m0/s1. The van der Waals surface area contributed by atoms with Gasteiger partial charge < -0.3 is 30.0 Å². The van der Waals surface area contributed by atoms with E-state index in [1.807, 2.05) is 0 Å². The lowest BCUT2D eigenvalue weighted by Gasteiger charge is -2.37. The Morgan fingerprint density at radius 1 is 0.963 bits per heavy atom. The van der Waals surface area contributed by atoms with Crippen LogP contribution in [0.1, 0.15) is 95.5 Å². The van der Waals surface area contributed by atoms with Crippen LogP contribution in [-0.4, -0.2) is 104 Å². The summed E-state index contributed by atoms with van der Waals surface area (Å²) in [4.78, 5) is 58.5. The highest BCUT2D eigenvalue weighted by Gasteiger charge is 2.47. The summed E-state index contributed by atoms with van der Waals surface area (Å²) < 4.78 is 53.4. The van der Waals surface area contributed by atoms with Crippen molar-refractivity contribution in [3.63, 3.8) is 0 Å². The van der Waals surface area contributed by atoms with Gasteiger partial charge in [0.25, 0.3) is 5.91 Å². The summed E-state index contributed by atoms with van der Waals surface area (Å²) in [6.07, 6.45) is 7.77. The summed E-state index contributed by atoms with van der Waals surface area (Å²) in [5.74, 6) is -1.15. The molecule has 4 N–H and O–H groups in total. The van der Waals surface area contributed by atoms with Crippen LogP contribution in [0.25, 0.3) is 10.9 Å². The summed E-state index contributed by atoms with van der Waals surface area (Å²) in [7, 11) is -4.05. The van der Waals surface area contributed by atoms with Gasteiger partial charge in [0.2, 0.25) is 11.8 Å². The average Bonchev–Trinajstić information content (AvgIpc) is 3.79. The van der Waals surface area contributed by atoms with Crippen molar-refractivity contribution in [2.45, 2.75) is 103 Å². The number of ether oxygens (including phenoxy) is 2. The number of hydrogen-bond donors (Lipinski definition) is 4. The summed E-state index contributed by atoms with van der Waals surface area (Å²) in [5, 5.41) is 6.35. The van der Waals surface area contributed by atoms with Gasteiger partial charge in [0.05, 0.1) is 19.3 Å². The minimum absolute atomic E-state index is 0.0271. The van der Waals surface area contributed by atoms with E-state index in [1.54, 1.807) is 43.9 Å². The van der Waals surface area contributed by atoms with Gasteiger partial charge in [-0.25, -0.2) is 13.9 Å². The van der Waals surface area contributed by atoms with Crippen LogP contribution in [0.15, 0.2) is 24.3 Å². The molecule has 2 saturated carbocycles. The number of alkyl carbamates (subject to hydrolysis) is 1. The maximum absolute atomic E-state index is 14.3. The third-order valence-corrected chi connectivity index (χ3v) is 13.0. The number of anilines is 1. The number of carbonyl (C=O) groups is 4. The third kappa shape index (κ3) is 9.54. The lowest BCUT2D eigenvalue weighted by molar-refractivity contribution is -0.142. The quantitative estimate of drug-likeness (QED) is 0.264. The van der Waals surface area contributed by atoms with Crippen LogP contribution in [0, 0.1) is 23.7 Å². The second-order valence-electron chi connectivity index (χ2n) is 16.3. The molecule has 54 heavy (non-hydrogen) atoms. The Morgan fingerprint density at radius 2 is 1.67 bits per heavy atom. The van der Waals surface area contributed by atoms with Crippen molar-refractivity contribution < 1.29 is 41.5 Å².